The lowest BCUT2D eigenvalue weighted by Crippen LogP contribution is -2.21. The van der Waals surface area contributed by atoms with Crippen molar-refractivity contribution in [2.45, 2.75) is 77.6 Å². The van der Waals surface area contributed by atoms with E-state index >= 15 is 0 Å². The van der Waals surface area contributed by atoms with Gasteiger partial charge < -0.3 is 0 Å². The third-order valence-corrected chi connectivity index (χ3v) is 4.87. The van der Waals surface area contributed by atoms with Gasteiger partial charge in [0.15, 0.2) is 0 Å². The molecule has 0 aromatic carbocycles. The molecular formula is C15H28. The lowest BCUT2D eigenvalue weighted by Gasteiger charge is -2.33. The summed E-state index contributed by atoms with van der Waals surface area (Å²) in [6.45, 7) is 2.47. The summed E-state index contributed by atoms with van der Waals surface area (Å²) in [7, 11) is 0. The highest BCUT2D eigenvalue weighted by atomic mass is 14.3. The Morgan fingerprint density at radius 2 is 1.07 bits per heavy atom. The van der Waals surface area contributed by atoms with Gasteiger partial charge in [-0.05, 0) is 24.2 Å². The van der Waals surface area contributed by atoms with Crippen molar-refractivity contribution in [1.29, 1.82) is 0 Å². The largest absolute Gasteiger partial charge is 0.0625 e. The Morgan fingerprint density at radius 1 is 0.533 bits per heavy atom. The highest BCUT2D eigenvalue weighted by Gasteiger charge is 2.25. The summed E-state index contributed by atoms with van der Waals surface area (Å²) in [4.78, 5) is 0. The molecule has 0 nitrogen and oxygen atoms in total. The molecule has 0 N–H and O–H groups in total. The molecule has 0 spiro atoms. The molecule has 0 heteroatoms. The summed E-state index contributed by atoms with van der Waals surface area (Å²) < 4.78 is 0. The Kier molecular flexibility index (Phi) is 4.53. The molecule has 0 saturated heterocycles. The number of hydrogen-bond donors (Lipinski definition) is 0. The van der Waals surface area contributed by atoms with Gasteiger partial charge in [-0.3, -0.25) is 0 Å². The minimum Gasteiger partial charge on any atom is -0.0625 e. The molecule has 0 amide bonds. The average Bonchev–Trinajstić information content (AvgIpc) is 2.27. The van der Waals surface area contributed by atoms with E-state index in [0.29, 0.717) is 0 Å². The average molecular weight is 208 g/mol. The first-order valence-corrected chi connectivity index (χ1v) is 7.36. The van der Waals surface area contributed by atoms with Crippen LogP contribution in [0.15, 0.2) is 0 Å². The molecule has 88 valence electrons. The molecule has 3 atom stereocenters. The maximum Gasteiger partial charge on any atom is -0.0386 e. The van der Waals surface area contributed by atoms with Crippen LogP contribution in [0.1, 0.15) is 77.6 Å². The summed E-state index contributed by atoms with van der Waals surface area (Å²) in [5.41, 5.74) is 0. The second-order valence-corrected chi connectivity index (χ2v) is 6.13. The van der Waals surface area contributed by atoms with Crippen LogP contribution in [0.3, 0.4) is 0 Å². The molecule has 2 rings (SSSR count). The van der Waals surface area contributed by atoms with E-state index in [1.165, 1.54) is 44.9 Å². The summed E-state index contributed by atoms with van der Waals surface area (Å²) >= 11 is 0. The van der Waals surface area contributed by atoms with E-state index in [9.17, 15) is 0 Å². The predicted octanol–water partition coefficient (Wildman–Crippen LogP) is 5.17. The van der Waals surface area contributed by atoms with Crippen molar-refractivity contribution in [2.75, 3.05) is 0 Å². The fraction of sp³-hybridized carbons (Fsp3) is 1.00. The summed E-state index contributed by atoms with van der Waals surface area (Å²) in [6, 6.07) is 0. The third-order valence-electron chi connectivity index (χ3n) is 4.87. The fourth-order valence-corrected chi connectivity index (χ4v) is 3.76. The standard InChI is InChI=1S/C15H28/c1-13-7-3-2-4-8-14-9-5-6-10-15(14)12-11-13/h13-15H,2-12H2,1H3. The van der Waals surface area contributed by atoms with Crippen LogP contribution >= 0.6 is 0 Å². The molecule has 2 saturated carbocycles. The summed E-state index contributed by atoms with van der Waals surface area (Å²) in [6.07, 6.45) is 16.8. The van der Waals surface area contributed by atoms with Crippen molar-refractivity contribution >= 4 is 0 Å². The van der Waals surface area contributed by atoms with Crippen LogP contribution in [0.25, 0.3) is 0 Å². The van der Waals surface area contributed by atoms with E-state index in [0.717, 1.165) is 17.8 Å². The maximum atomic E-state index is 2.47. The molecule has 2 aliphatic rings. The van der Waals surface area contributed by atoms with Crippen LogP contribution in [0, 0.1) is 17.8 Å². The Labute approximate surface area is 95.8 Å². The van der Waals surface area contributed by atoms with Crippen molar-refractivity contribution in [2.24, 2.45) is 17.8 Å². The van der Waals surface area contributed by atoms with Crippen LogP contribution in [0.4, 0.5) is 0 Å². The molecule has 0 radical (unpaired) electrons. The van der Waals surface area contributed by atoms with Gasteiger partial charge in [0, 0.05) is 0 Å². The summed E-state index contributed by atoms with van der Waals surface area (Å²) in [5.74, 6) is 3.23. The molecule has 0 aliphatic heterocycles. The van der Waals surface area contributed by atoms with E-state index in [1.807, 2.05) is 0 Å². The lowest BCUT2D eigenvalue weighted by molar-refractivity contribution is 0.188. The van der Waals surface area contributed by atoms with Crippen LogP contribution in [0.5, 0.6) is 0 Å². The van der Waals surface area contributed by atoms with Gasteiger partial charge in [0.05, 0.1) is 0 Å². The smallest absolute Gasteiger partial charge is 0.0386 e. The molecule has 2 aliphatic carbocycles. The van der Waals surface area contributed by atoms with E-state index in [1.54, 1.807) is 25.7 Å². The van der Waals surface area contributed by atoms with Crippen LogP contribution in [0.2, 0.25) is 0 Å². The highest BCUT2D eigenvalue weighted by molar-refractivity contribution is 4.77. The van der Waals surface area contributed by atoms with Gasteiger partial charge in [0.2, 0.25) is 0 Å². The van der Waals surface area contributed by atoms with E-state index in [2.05, 4.69) is 6.92 Å². The van der Waals surface area contributed by atoms with Crippen LogP contribution < -0.4 is 0 Å². The topological polar surface area (TPSA) is 0 Å². The van der Waals surface area contributed by atoms with Crippen LogP contribution in [-0.4, -0.2) is 0 Å². The van der Waals surface area contributed by atoms with E-state index in [4.69, 9.17) is 0 Å². The maximum absolute atomic E-state index is 2.47. The van der Waals surface area contributed by atoms with Crippen molar-refractivity contribution in [1.82, 2.24) is 0 Å². The van der Waals surface area contributed by atoms with E-state index < -0.39 is 0 Å². The summed E-state index contributed by atoms with van der Waals surface area (Å²) in [5, 5.41) is 0. The van der Waals surface area contributed by atoms with Gasteiger partial charge >= 0.3 is 0 Å². The SMILES string of the molecule is CC1CCCCCC2CCCCC2CC1. The van der Waals surface area contributed by atoms with Crippen molar-refractivity contribution in [3.8, 4) is 0 Å². The van der Waals surface area contributed by atoms with Crippen molar-refractivity contribution < 1.29 is 0 Å². The second kappa shape index (κ2) is 5.92. The zero-order valence-corrected chi connectivity index (χ0v) is 10.5. The first-order chi connectivity index (χ1) is 7.36. The third kappa shape index (κ3) is 3.50. The molecule has 0 aromatic rings. The molecule has 0 aromatic heterocycles. The monoisotopic (exact) mass is 208 g/mol. The van der Waals surface area contributed by atoms with Gasteiger partial charge in [0.25, 0.3) is 0 Å². The number of hydrogen-bond acceptors (Lipinski definition) is 0. The Hall–Kier alpha value is 0. The molecule has 2 fully saturated rings. The zero-order chi connectivity index (χ0) is 10.5. The molecular weight excluding hydrogens is 180 g/mol. The molecule has 3 unspecified atom stereocenters. The quantitative estimate of drug-likeness (QED) is 0.515. The molecule has 0 heterocycles. The molecule has 0 bridgehead atoms. The number of rotatable bonds is 0. The minimum atomic E-state index is 1.01. The Bertz CT molecular complexity index is 173. The Morgan fingerprint density at radius 3 is 1.80 bits per heavy atom. The second-order valence-electron chi connectivity index (χ2n) is 6.13. The zero-order valence-electron chi connectivity index (χ0n) is 10.5. The van der Waals surface area contributed by atoms with Gasteiger partial charge in [-0.1, -0.05) is 71.1 Å². The van der Waals surface area contributed by atoms with Crippen molar-refractivity contribution in [3.63, 3.8) is 0 Å². The molecule has 15 heavy (non-hydrogen) atoms. The van der Waals surface area contributed by atoms with Gasteiger partial charge in [0.1, 0.15) is 0 Å². The lowest BCUT2D eigenvalue weighted by atomic mass is 9.73. The first kappa shape index (κ1) is 11.5. The predicted molar refractivity (Wildman–Crippen MR) is 66.9 cm³/mol. The Balaban J connectivity index is 1.88. The van der Waals surface area contributed by atoms with Crippen molar-refractivity contribution in [3.05, 3.63) is 0 Å². The minimum absolute atomic E-state index is 1.01. The van der Waals surface area contributed by atoms with Gasteiger partial charge in [-0.2, -0.15) is 0 Å². The van der Waals surface area contributed by atoms with Gasteiger partial charge in [-0.15, -0.1) is 0 Å². The highest BCUT2D eigenvalue weighted by Crippen LogP contribution is 2.38. The number of fused-ring (bicyclic) bond motifs is 1. The normalized spacial score (nSPS) is 39.4. The van der Waals surface area contributed by atoms with Crippen LogP contribution in [-0.2, 0) is 0 Å². The first-order valence-electron chi connectivity index (χ1n) is 7.36. The van der Waals surface area contributed by atoms with Gasteiger partial charge in [-0.25, -0.2) is 0 Å². The van der Waals surface area contributed by atoms with E-state index in [-0.39, 0.29) is 0 Å². The fourth-order valence-electron chi connectivity index (χ4n) is 3.76.